The van der Waals surface area contributed by atoms with E-state index in [1.165, 1.54) is 15.6 Å². The summed E-state index contributed by atoms with van der Waals surface area (Å²) in [5.41, 5.74) is 1.16. The van der Waals surface area contributed by atoms with Crippen molar-refractivity contribution in [3.8, 4) is 0 Å². The van der Waals surface area contributed by atoms with Gasteiger partial charge >= 0.3 is 0 Å². The van der Waals surface area contributed by atoms with E-state index in [4.69, 9.17) is 11.6 Å². The Morgan fingerprint density at radius 3 is 2.93 bits per heavy atom. The van der Waals surface area contributed by atoms with Crippen LogP contribution < -0.4 is 5.32 Å². The van der Waals surface area contributed by atoms with E-state index in [-0.39, 0.29) is 18.4 Å². The third-order valence-electron chi connectivity index (χ3n) is 4.55. The lowest BCUT2D eigenvalue weighted by atomic mass is 9.99. The number of rotatable bonds is 8. The zero-order valence-electron chi connectivity index (χ0n) is 15.3. The Kier molecular flexibility index (Phi) is 7.82. The molecule has 9 heteroatoms. The lowest BCUT2D eigenvalue weighted by Gasteiger charge is -2.30. The first-order valence-electron chi connectivity index (χ1n) is 9.10. The van der Waals surface area contributed by atoms with Crippen LogP contribution in [0.15, 0.2) is 46.0 Å². The molecule has 28 heavy (non-hydrogen) atoms. The highest BCUT2D eigenvalue weighted by Gasteiger charge is 2.33. The standard InChI is InChI=1S/C19H23ClN2O3S3/c20-17-6-1-4-15(12-17)14-26-11-8-21-19(23)16-5-2-9-22(13-16)28(24,25)18-7-3-10-27-18/h1,3-4,6-7,10,12,16H,2,5,8-9,11,13-14H2,(H,21,23)/t16-/m0/s1. The third-order valence-corrected chi connectivity index (χ3v) is 9.05. The summed E-state index contributed by atoms with van der Waals surface area (Å²) in [5, 5.41) is 5.43. The molecule has 152 valence electrons. The lowest BCUT2D eigenvalue weighted by molar-refractivity contribution is -0.125. The molecule has 0 radical (unpaired) electrons. The largest absolute Gasteiger partial charge is 0.355 e. The normalized spacial score (nSPS) is 18.1. The molecule has 1 aliphatic rings. The summed E-state index contributed by atoms with van der Waals surface area (Å²) in [6, 6.07) is 11.1. The molecule has 2 heterocycles. The highest BCUT2D eigenvalue weighted by atomic mass is 35.5. The quantitative estimate of drug-likeness (QED) is 0.610. The second kappa shape index (κ2) is 10.1. The number of thioether (sulfide) groups is 1. The summed E-state index contributed by atoms with van der Waals surface area (Å²) in [4.78, 5) is 12.5. The predicted octanol–water partition coefficient (Wildman–Crippen LogP) is 3.85. The first-order valence-corrected chi connectivity index (χ1v) is 13.0. The van der Waals surface area contributed by atoms with Gasteiger partial charge in [0.15, 0.2) is 0 Å². The zero-order chi connectivity index (χ0) is 20.0. The fraction of sp³-hybridized carbons (Fsp3) is 0.421. The molecule has 1 aromatic heterocycles. The summed E-state index contributed by atoms with van der Waals surface area (Å²) in [5.74, 6) is 1.28. The fourth-order valence-electron chi connectivity index (χ4n) is 3.12. The van der Waals surface area contributed by atoms with Gasteiger partial charge in [0.25, 0.3) is 10.0 Å². The number of sulfonamides is 1. The van der Waals surface area contributed by atoms with Gasteiger partial charge in [-0.3, -0.25) is 4.79 Å². The number of piperidine rings is 1. The third kappa shape index (κ3) is 5.73. The van der Waals surface area contributed by atoms with Crippen LogP contribution in [-0.4, -0.2) is 44.0 Å². The second-order valence-electron chi connectivity index (χ2n) is 6.61. The highest BCUT2D eigenvalue weighted by molar-refractivity contribution is 7.98. The van der Waals surface area contributed by atoms with Gasteiger partial charge in [0.05, 0.1) is 5.92 Å². The molecule has 0 spiro atoms. The van der Waals surface area contributed by atoms with Crippen LogP contribution in [0.4, 0.5) is 0 Å². The van der Waals surface area contributed by atoms with Gasteiger partial charge < -0.3 is 5.32 Å². The Morgan fingerprint density at radius 2 is 2.18 bits per heavy atom. The van der Waals surface area contributed by atoms with E-state index in [9.17, 15) is 13.2 Å². The molecule has 0 unspecified atom stereocenters. The first kappa shape index (κ1) is 21.6. The molecule has 0 aliphatic carbocycles. The molecule has 1 aliphatic heterocycles. The van der Waals surface area contributed by atoms with E-state index in [0.29, 0.717) is 23.7 Å². The number of halogens is 1. The maximum absolute atomic E-state index is 12.7. The van der Waals surface area contributed by atoms with E-state index >= 15 is 0 Å². The molecule has 0 bridgehead atoms. The van der Waals surface area contributed by atoms with Crippen molar-refractivity contribution in [2.75, 3.05) is 25.4 Å². The highest BCUT2D eigenvalue weighted by Crippen LogP contribution is 2.26. The van der Waals surface area contributed by atoms with Crippen LogP contribution in [0.5, 0.6) is 0 Å². The summed E-state index contributed by atoms with van der Waals surface area (Å²) in [6.45, 7) is 1.29. The number of nitrogens with one attached hydrogen (secondary N) is 1. The van der Waals surface area contributed by atoms with Crippen molar-refractivity contribution in [3.63, 3.8) is 0 Å². The lowest BCUT2D eigenvalue weighted by Crippen LogP contribution is -2.45. The van der Waals surface area contributed by atoms with Gasteiger partial charge in [0.1, 0.15) is 4.21 Å². The SMILES string of the molecule is O=C(NCCSCc1cccc(Cl)c1)[C@H]1CCCN(S(=O)(=O)c2cccs2)C1. The van der Waals surface area contributed by atoms with Crippen molar-refractivity contribution < 1.29 is 13.2 Å². The van der Waals surface area contributed by atoms with Crippen LogP contribution in [0.25, 0.3) is 0 Å². The molecule has 1 fully saturated rings. The zero-order valence-corrected chi connectivity index (χ0v) is 18.5. The van der Waals surface area contributed by atoms with Crippen molar-refractivity contribution in [3.05, 3.63) is 52.4 Å². The van der Waals surface area contributed by atoms with E-state index in [0.717, 1.165) is 28.5 Å². The van der Waals surface area contributed by atoms with Crippen LogP contribution in [0.1, 0.15) is 18.4 Å². The van der Waals surface area contributed by atoms with Crippen molar-refractivity contribution in [2.45, 2.75) is 22.8 Å². The van der Waals surface area contributed by atoms with Crippen LogP contribution in [0, 0.1) is 5.92 Å². The van der Waals surface area contributed by atoms with Crippen LogP contribution in [-0.2, 0) is 20.6 Å². The molecule has 1 atom stereocenters. The molecular formula is C19H23ClN2O3S3. The Morgan fingerprint density at radius 1 is 1.32 bits per heavy atom. The minimum Gasteiger partial charge on any atom is -0.355 e. The average molecular weight is 459 g/mol. The topological polar surface area (TPSA) is 66.5 Å². The number of thiophene rings is 1. The molecular weight excluding hydrogens is 436 g/mol. The Bertz CT molecular complexity index is 888. The predicted molar refractivity (Wildman–Crippen MR) is 116 cm³/mol. The maximum atomic E-state index is 12.7. The van der Waals surface area contributed by atoms with Crippen LogP contribution in [0.3, 0.4) is 0 Å². The van der Waals surface area contributed by atoms with Crippen LogP contribution >= 0.6 is 34.7 Å². The number of benzene rings is 1. The van der Waals surface area contributed by atoms with Gasteiger partial charge in [-0.15, -0.1) is 11.3 Å². The molecule has 5 nitrogen and oxygen atoms in total. The monoisotopic (exact) mass is 458 g/mol. The molecule has 0 saturated carbocycles. The Labute approximate surface area is 179 Å². The van der Waals surface area contributed by atoms with Gasteiger partial charge in [-0.25, -0.2) is 8.42 Å². The summed E-state index contributed by atoms with van der Waals surface area (Å²) in [7, 11) is -3.49. The Balaban J connectivity index is 1.43. The van der Waals surface area contributed by atoms with Gasteiger partial charge in [-0.2, -0.15) is 16.1 Å². The van der Waals surface area contributed by atoms with Gasteiger partial charge in [-0.1, -0.05) is 29.8 Å². The average Bonchev–Trinajstić information content (AvgIpc) is 3.23. The van der Waals surface area contributed by atoms with Gasteiger partial charge in [0, 0.05) is 36.2 Å². The molecule has 1 N–H and O–H groups in total. The van der Waals surface area contributed by atoms with Gasteiger partial charge in [0.2, 0.25) is 5.91 Å². The molecule has 3 rings (SSSR count). The number of carbonyl (C=O) groups is 1. The van der Waals surface area contributed by atoms with Crippen molar-refractivity contribution in [1.29, 1.82) is 0 Å². The molecule has 1 saturated heterocycles. The number of hydrogen-bond acceptors (Lipinski definition) is 5. The maximum Gasteiger partial charge on any atom is 0.252 e. The van der Waals surface area contributed by atoms with E-state index in [1.54, 1.807) is 29.3 Å². The minimum atomic E-state index is -3.49. The number of amides is 1. The number of nitrogens with zero attached hydrogens (tertiary/aromatic N) is 1. The smallest absolute Gasteiger partial charge is 0.252 e. The first-order chi connectivity index (χ1) is 13.5. The molecule has 1 amide bonds. The van der Waals surface area contributed by atoms with E-state index < -0.39 is 10.0 Å². The number of carbonyl (C=O) groups excluding carboxylic acids is 1. The minimum absolute atomic E-state index is 0.0607. The van der Waals surface area contributed by atoms with Crippen molar-refractivity contribution in [2.24, 2.45) is 5.92 Å². The number of hydrogen-bond donors (Lipinski definition) is 1. The van der Waals surface area contributed by atoms with E-state index in [1.807, 2.05) is 24.3 Å². The molecule has 2 aromatic rings. The fourth-order valence-corrected chi connectivity index (χ4v) is 6.81. The van der Waals surface area contributed by atoms with Crippen LogP contribution in [0.2, 0.25) is 5.02 Å². The summed E-state index contributed by atoms with van der Waals surface area (Å²) in [6.07, 6.45) is 1.42. The Hall–Kier alpha value is -1.06. The van der Waals surface area contributed by atoms with Crippen molar-refractivity contribution >= 4 is 50.6 Å². The molecule has 1 aromatic carbocycles. The summed E-state index contributed by atoms with van der Waals surface area (Å²) >= 11 is 8.92. The van der Waals surface area contributed by atoms with Crippen molar-refractivity contribution in [1.82, 2.24) is 9.62 Å². The second-order valence-corrected chi connectivity index (χ2v) is 11.3. The van der Waals surface area contributed by atoms with E-state index in [2.05, 4.69) is 5.32 Å². The van der Waals surface area contributed by atoms with Gasteiger partial charge in [-0.05, 0) is 42.0 Å². The summed E-state index contributed by atoms with van der Waals surface area (Å²) < 4.78 is 27.1.